The summed E-state index contributed by atoms with van der Waals surface area (Å²) in [5.74, 6) is 4.02. The molecule has 0 bridgehead atoms. The number of ether oxygens (including phenoxy) is 1. The molecule has 1 aromatic carbocycles. The molecule has 3 saturated carbocycles. The third-order valence-corrected chi connectivity index (χ3v) is 12.2. The molecule has 3 fully saturated rings. The highest BCUT2D eigenvalue weighted by molar-refractivity contribution is 5.87. The Kier molecular flexibility index (Phi) is 8.93. The van der Waals surface area contributed by atoms with Gasteiger partial charge < -0.3 is 15.2 Å². The lowest BCUT2D eigenvalue weighted by Gasteiger charge is -2.58. The van der Waals surface area contributed by atoms with Crippen LogP contribution in [0.3, 0.4) is 0 Å². The molecule has 1 amide bonds. The molecule has 4 aliphatic rings. The van der Waals surface area contributed by atoms with E-state index in [1.807, 2.05) is 0 Å². The molecule has 0 aromatic heterocycles. The van der Waals surface area contributed by atoms with E-state index in [2.05, 4.69) is 46.0 Å². The predicted octanol–water partition coefficient (Wildman–Crippen LogP) is 9.02. The topological polar surface area (TPSA) is 75.6 Å². The zero-order valence-electron chi connectivity index (χ0n) is 26.1. The lowest BCUT2D eigenvalue weighted by Crippen LogP contribution is -2.51. The van der Waals surface area contributed by atoms with Crippen LogP contribution in [0.4, 0.5) is 4.79 Å². The molecule has 0 spiro atoms. The summed E-state index contributed by atoms with van der Waals surface area (Å²) in [4.78, 5) is 23.7. The normalized spacial score (nSPS) is 35.1. The number of carboxylic acid groups (broad SMARTS) is 1. The van der Waals surface area contributed by atoms with Crippen molar-refractivity contribution < 1.29 is 19.4 Å². The average molecular weight is 564 g/mol. The van der Waals surface area contributed by atoms with Gasteiger partial charge in [-0.15, -0.1) is 0 Å². The van der Waals surface area contributed by atoms with E-state index in [1.54, 1.807) is 24.3 Å². The summed E-state index contributed by atoms with van der Waals surface area (Å²) < 4.78 is 5.89. The zero-order valence-corrected chi connectivity index (χ0v) is 26.1. The molecule has 41 heavy (non-hydrogen) atoms. The smallest absolute Gasteiger partial charge is 0.407 e. The Bertz CT molecular complexity index is 1120. The van der Waals surface area contributed by atoms with Gasteiger partial charge >= 0.3 is 12.1 Å². The average Bonchev–Trinajstić information content (AvgIpc) is 3.29. The fourth-order valence-electron chi connectivity index (χ4n) is 9.89. The highest BCUT2D eigenvalue weighted by Gasteiger charge is 2.59. The van der Waals surface area contributed by atoms with E-state index in [0.717, 1.165) is 60.3 Å². The molecule has 4 aliphatic carbocycles. The van der Waals surface area contributed by atoms with Crippen LogP contribution < -0.4 is 5.32 Å². The van der Waals surface area contributed by atoms with Crippen molar-refractivity contribution in [1.82, 2.24) is 5.32 Å². The monoisotopic (exact) mass is 563 g/mol. The number of carboxylic acids is 1. The molecule has 0 saturated heterocycles. The number of nitrogens with one attached hydrogen (secondary N) is 1. The molecule has 5 nitrogen and oxygen atoms in total. The first-order valence-corrected chi connectivity index (χ1v) is 16.5. The molecule has 226 valence electrons. The molecule has 5 rings (SSSR count). The summed E-state index contributed by atoms with van der Waals surface area (Å²) in [6, 6.07) is 6.58. The molecule has 0 aliphatic heterocycles. The van der Waals surface area contributed by atoms with Crippen LogP contribution in [0.1, 0.15) is 121 Å². The first-order chi connectivity index (χ1) is 19.5. The predicted molar refractivity (Wildman–Crippen MR) is 164 cm³/mol. The maximum Gasteiger partial charge on any atom is 0.407 e. The van der Waals surface area contributed by atoms with Crippen LogP contribution in [0.15, 0.2) is 35.9 Å². The SMILES string of the molecule is CC(C)CCC[C@@H](C)[C@H]1CCC2C3CC=C4CC(OC(=O)NCc5ccc(C(=O)O)cc5)CC[C@]4(C)C3CC[C@@]21C. The van der Waals surface area contributed by atoms with Crippen LogP contribution in [0.2, 0.25) is 0 Å². The third-order valence-electron chi connectivity index (χ3n) is 12.2. The van der Waals surface area contributed by atoms with Gasteiger partial charge in [0.1, 0.15) is 6.10 Å². The summed E-state index contributed by atoms with van der Waals surface area (Å²) in [7, 11) is 0. The van der Waals surface area contributed by atoms with Gasteiger partial charge in [0.25, 0.3) is 0 Å². The second-order valence-electron chi connectivity index (χ2n) is 14.9. The fourth-order valence-corrected chi connectivity index (χ4v) is 9.89. The summed E-state index contributed by atoms with van der Waals surface area (Å²) in [5, 5.41) is 11.9. The molecule has 8 atom stereocenters. The molecule has 5 heteroatoms. The minimum atomic E-state index is -0.951. The van der Waals surface area contributed by atoms with Crippen molar-refractivity contribution in [3.05, 3.63) is 47.0 Å². The van der Waals surface area contributed by atoms with Crippen LogP contribution in [-0.4, -0.2) is 23.3 Å². The van der Waals surface area contributed by atoms with Crippen LogP contribution in [0.25, 0.3) is 0 Å². The van der Waals surface area contributed by atoms with Gasteiger partial charge in [-0.25, -0.2) is 9.59 Å². The molecule has 0 radical (unpaired) electrons. The highest BCUT2D eigenvalue weighted by atomic mass is 16.6. The second kappa shape index (κ2) is 12.1. The van der Waals surface area contributed by atoms with E-state index in [9.17, 15) is 9.59 Å². The van der Waals surface area contributed by atoms with Crippen LogP contribution >= 0.6 is 0 Å². The van der Waals surface area contributed by atoms with Gasteiger partial charge in [-0.05, 0) is 109 Å². The first-order valence-electron chi connectivity index (χ1n) is 16.5. The molecular weight excluding hydrogens is 510 g/mol. The number of fused-ring (bicyclic) bond motifs is 5. The van der Waals surface area contributed by atoms with Crippen LogP contribution in [0.5, 0.6) is 0 Å². The minimum Gasteiger partial charge on any atom is -0.478 e. The Morgan fingerprint density at radius 1 is 1.00 bits per heavy atom. The summed E-state index contributed by atoms with van der Waals surface area (Å²) in [6.45, 7) is 12.8. The Morgan fingerprint density at radius 2 is 1.76 bits per heavy atom. The molecular formula is C36H53NO4. The van der Waals surface area contributed by atoms with E-state index in [0.29, 0.717) is 12.0 Å². The Labute approximate surface area is 247 Å². The van der Waals surface area contributed by atoms with Crippen molar-refractivity contribution in [2.75, 3.05) is 0 Å². The number of carbonyl (C=O) groups is 2. The Balaban J connectivity index is 1.17. The van der Waals surface area contributed by atoms with E-state index < -0.39 is 5.97 Å². The van der Waals surface area contributed by atoms with E-state index in [-0.39, 0.29) is 23.2 Å². The Morgan fingerprint density at radius 3 is 2.46 bits per heavy atom. The van der Waals surface area contributed by atoms with Gasteiger partial charge in [0.2, 0.25) is 0 Å². The second-order valence-corrected chi connectivity index (χ2v) is 14.9. The standard InChI is InChI=1S/C36H53NO4/c1-23(2)7-6-8-24(3)30-15-16-31-29-14-13-27-21-28(17-19-35(27,4)32(29)18-20-36(30,31)5)41-34(40)37-22-25-9-11-26(12-10-25)33(38)39/h9-13,23-24,28-32H,6-8,14-22H2,1-5H3,(H,37,40)(H,38,39)/t24-,28?,29?,30-,31?,32?,35+,36-/m1/s1. The van der Waals surface area contributed by atoms with Gasteiger partial charge in [-0.2, -0.15) is 0 Å². The third kappa shape index (κ3) is 6.11. The van der Waals surface area contributed by atoms with Crippen molar-refractivity contribution in [2.24, 2.45) is 46.3 Å². The van der Waals surface area contributed by atoms with Crippen molar-refractivity contribution in [3.63, 3.8) is 0 Å². The molecule has 4 unspecified atom stereocenters. The number of alkyl carbamates (subject to hydrolysis) is 1. The summed E-state index contributed by atoms with van der Waals surface area (Å²) in [6.07, 6.45) is 15.9. The zero-order chi connectivity index (χ0) is 29.4. The largest absolute Gasteiger partial charge is 0.478 e. The number of aromatic carboxylic acids is 1. The van der Waals surface area contributed by atoms with Crippen molar-refractivity contribution >= 4 is 12.1 Å². The number of carbonyl (C=O) groups excluding carboxylic acids is 1. The maximum atomic E-state index is 12.6. The number of rotatable bonds is 9. The maximum absolute atomic E-state index is 12.6. The quantitative estimate of drug-likeness (QED) is 0.294. The summed E-state index contributed by atoms with van der Waals surface area (Å²) in [5.41, 5.74) is 3.38. The first kappa shape index (κ1) is 30.2. The van der Waals surface area contributed by atoms with E-state index >= 15 is 0 Å². The molecule has 1 aromatic rings. The minimum absolute atomic E-state index is 0.0725. The van der Waals surface area contributed by atoms with Gasteiger partial charge in [-0.1, -0.05) is 77.7 Å². The summed E-state index contributed by atoms with van der Waals surface area (Å²) >= 11 is 0. The van der Waals surface area contributed by atoms with Crippen LogP contribution in [-0.2, 0) is 11.3 Å². The number of hydrogen-bond acceptors (Lipinski definition) is 3. The van der Waals surface area contributed by atoms with Crippen LogP contribution in [0, 0.1) is 46.3 Å². The Hall–Kier alpha value is -2.30. The number of amides is 1. The fraction of sp³-hybridized carbons (Fsp3) is 0.722. The van der Waals surface area contributed by atoms with Crippen molar-refractivity contribution in [3.8, 4) is 0 Å². The van der Waals surface area contributed by atoms with E-state index in [4.69, 9.17) is 9.84 Å². The van der Waals surface area contributed by atoms with Gasteiger partial charge in [0.15, 0.2) is 0 Å². The van der Waals surface area contributed by atoms with Gasteiger partial charge in [0, 0.05) is 13.0 Å². The lowest BCUT2D eigenvalue weighted by molar-refractivity contribution is -0.0581. The van der Waals surface area contributed by atoms with Gasteiger partial charge in [0.05, 0.1) is 5.56 Å². The number of benzene rings is 1. The van der Waals surface area contributed by atoms with E-state index in [1.165, 1.54) is 56.9 Å². The number of allylic oxidation sites excluding steroid dienone is 1. The van der Waals surface area contributed by atoms with Gasteiger partial charge in [-0.3, -0.25) is 0 Å². The van der Waals surface area contributed by atoms with Crippen molar-refractivity contribution in [1.29, 1.82) is 0 Å². The lowest BCUT2D eigenvalue weighted by atomic mass is 9.47. The highest BCUT2D eigenvalue weighted by Crippen LogP contribution is 2.67. The molecule has 0 heterocycles. The number of hydrogen-bond donors (Lipinski definition) is 2. The van der Waals surface area contributed by atoms with Crippen molar-refractivity contribution in [2.45, 2.75) is 118 Å². The molecule has 2 N–H and O–H groups in total.